The molecular formula is C21H22F6N4O7. The number of methoxy groups -OCH3 is 1. The van der Waals surface area contributed by atoms with Crippen LogP contribution in [0.25, 0.3) is 0 Å². The first-order valence-electron chi connectivity index (χ1n) is 10.7. The van der Waals surface area contributed by atoms with Gasteiger partial charge in [0.1, 0.15) is 24.4 Å². The quantitative estimate of drug-likeness (QED) is 0.537. The highest BCUT2D eigenvalue weighted by molar-refractivity contribution is 5.73. The number of pyridine rings is 1. The number of halogens is 6. The Morgan fingerprint density at radius 2 is 1.66 bits per heavy atom. The van der Waals surface area contributed by atoms with Crippen LogP contribution in [0.3, 0.4) is 0 Å². The van der Waals surface area contributed by atoms with Gasteiger partial charge in [0.05, 0.1) is 19.7 Å². The van der Waals surface area contributed by atoms with Crippen molar-refractivity contribution >= 4 is 17.8 Å². The van der Waals surface area contributed by atoms with Crippen LogP contribution in [0, 0.1) is 0 Å². The van der Waals surface area contributed by atoms with Crippen LogP contribution in [-0.4, -0.2) is 88.0 Å². The summed E-state index contributed by atoms with van der Waals surface area (Å²) in [5.41, 5.74) is 0. The van der Waals surface area contributed by atoms with Crippen LogP contribution in [0.4, 0.5) is 32.2 Å². The Hall–Kier alpha value is -3.89. The molecule has 210 valence electrons. The second-order valence-electron chi connectivity index (χ2n) is 7.55. The number of hydrogen-bond donors (Lipinski definition) is 2. The third-order valence-electron chi connectivity index (χ3n) is 5.00. The van der Waals surface area contributed by atoms with Gasteiger partial charge in [0.2, 0.25) is 11.8 Å². The van der Waals surface area contributed by atoms with Gasteiger partial charge in [0, 0.05) is 24.9 Å². The summed E-state index contributed by atoms with van der Waals surface area (Å²) in [6.07, 6.45) is -4.88. The molecule has 0 aliphatic carbocycles. The third kappa shape index (κ3) is 8.89. The summed E-state index contributed by atoms with van der Waals surface area (Å²) in [5, 5.41) is 14.2. The summed E-state index contributed by atoms with van der Waals surface area (Å²) in [5.74, 6) is -3.49. The standard InChI is InChI=1S/C17H20N4O3.2C2HF3O2/c1-22-16-9-14(19-11-20-16)21-10-13(17-12(21)5-4-8-23-17)24-15-6-2-3-7-18-15;2*3-2(4,5)1(6)7/h2-3,6-7,9,11-13,17H,4-5,8,10H2,1H3;2*(H,6,7)/t12-,13-,17+;;/m1../s1. The summed E-state index contributed by atoms with van der Waals surface area (Å²) in [7, 11) is 1.61. The Morgan fingerprint density at radius 3 is 2.18 bits per heavy atom. The number of carbonyl (C=O) groups is 2. The Balaban J connectivity index is 0.000000301. The molecule has 0 unspecified atom stereocenters. The molecular weight excluding hydrogens is 534 g/mol. The Labute approximate surface area is 211 Å². The number of carboxylic acid groups (broad SMARTS) is 2. The highest BCUT2D eigenvalue weighted by atomic mass is 19.4. The normalized spacial score (nSPS) is 20.6. The van der Waals surface area contributed by atoms with Gasteiger partial charge in [-0.15, -0.1) is 0 Å². The molecule has 4 heterocycles. The molecule has 0 bridgehead atoms. The van der Waals surface area contributed by atoms with Crippen LogP contribution < -0.4 is 14.4 Å². The Morgan fingerprint density at radius 1 is 1.03 bits per heavy atom. The van der Waals surface area contributed by atoms with Gasteiger partial charge < -0.3 is 29.3 Å². The van der Waals surface area contributed by atoms with E-state index in [-0.39, 0.29) is 18.2 Å². The Bertz CT molecular complexity index is 1030. The lowest BCUT2D eigenvalue weighted by Gasteiger charge is -2.32. The molecule has 0 saturated carbocycles. The monoisotopic (exact) mass is 556 g/mol. The summed E-state index contributed by atoms with van der Waals surface area (Å²) in [6.45, 7) is 1.47. The van der Waals surface area contributed by atoms with E-state index in [2.05, 4.69) is 19.9 Å². The van der Waals surface area contributed by atoms with Gasteiger partial charge in [-0.05, 0) is 18.9 Å². The number of alkyl halides is 6. The van der Waals surface area contributed by atoms with E-state index in [1.165, 1.54) is 6.33 Å². The topological polar surface area (TPSA) is 144 Å². The van der Waals surface area contributed by atoms with Crippen LogP contribution in [0.2, 0.25) is 0 Å². The van der Waals surface area contributed by atoms with E-state index >= 15 is 0 Å². The SMILES string of the molecule is COc1cc(N2C[C@@H](Oc3ccccn3)[C@H]3OCCC[C@H]32)ncn1.O=C(O)C(F)(F)F.O=C(O)C(F)(F)F. The molecule has 17 heteroatoms. The van der Waals surface area contributed by atoms with E-state index in [1.54, 1.807) is 13.3 Å². The molecule has 2 fully saturated rings. The van der Waals surface area contributed by atoms with E-state index < -0.39 is 24.3 Å². The highest BCUT2D eigenvalue weighted by Gasteiger charge is 2.46. The molecule has 38 heavy (non-hydrogen) atoms. The van der Waals surface area contributed by atoms with E-state index in [4.69, 9.17) is 34.0 Å². The van der Waals surface area contributed by atoms with Crippen LogP contribution in [0.5, 0.6) is 11.8 Å². The minimum atomic E-state index is -5.08. The van der Waals surface area contributed by atoms with Gasteiger partial charge >= 0.3 is 24.3 Å². The van der Waals surface area contributed by atoms with Gasteiger partial charge in [-0.3, -0.25) is 0 Å². The summed E-state index contributed by atoms with van der Waals surface area (Å²) in [4.78, 5) is 32.8. The number of aliphatic carboxylic acids is 2. The predicted octanol–water partition coefficient (Wildman–Crippen LogP) is 2.96. The first-order valence-corrected chi connectivity index (χ1v) is 10.7. The van der Waals surface area contributed by atoms with E-state index in [0.29, 0.717) is 18.3 Å². The van der Waals surface area contributed by atoms with Gasteiger partial charge in [-0.2, -0.15) is 26.3 Å². The molecule has 2 aromatic rings. The first-order chi connectivity index (χ1) is 17.7. The van der Waals surface area contributed by atoms with Gasteiger partial charge in [-0.1, -0.05) is 6.07 Å². The van der Waals surface area contributed by atoms with E-state index in [0.717, 1.165) is 25.3 Å². The molecule has 2 saturated heterocycles. The summed E-state index contributed by atoms with van der Waals surface area (Å²) < 4.78 is 80.8. The molecule has 0 radical (unpaired) electrons. The molecule has 0 amide bonds. The molecule has 3 atom stereocenters. The first kappa shape index (κ1) is 30.3. The van der Waals surface area contributed by atoms with Crippen molar-refractivity contribution in [3.8, 4) is 11.8 Å². The second kappa shape index (κ2) is 13.1. The summed E-state index contributed by atoms with van der Waals surface area (Å²) in [6, 6.07) is 7.76. The smallest absolute Gasteiger partial charge is 0.481 e. The lowest BCUT2D eigenvalue weighted by molar-refractivity contribution is -0.193. The maximum absolute atomic E-state index is 10.6. The Kier molecular flexibility index (Phi) is 10.4. The van der Waals surface area contributed by atoms with Crippen LogP contribution in [0.15, 0.2) is 36.8 Å². The van der Waals surface area contributed by atoms with Crippen molar-refractivity contribution < 1.29 is 60.4 Å². The fourth-order valence-electron chi connectivity index (χ4n) is 3.45. The lowest BCUT2D eigenvalue weighted by Crippen LogP contribution is -2.42. The lowest BCUT2D eigenvalue weighted by atomic mass is 10.0. The molecule has 0 spiro atoms. The van der Waals surface area contributed by atoms with Crippen molar-refractivity contribution in [2.45, 2.75) is 43.4 Å². The average molecular weight is 556 g/mol. The van der Waals surface area contributed by atoms with Crippen molar-refractivity contribution in [1.29, 1.82) is 0 Å². The number of nitrogens with zero attached hydrogens (tertiary/aromatic N) is 4. The van der Waals surface area contributed by atoms with Crippen molar-refractivity contribution in [3.63, 3.8) is 0 Å². The number of anilines is 1. The van der Waals surface area contributed by atoms with Gasteiger partial charge in [-0.25, -0.2) is 24.5 Å². The zero-order chi connectivity index (χ0) is 28.5. The van der Waals surface area contributed by atoms with E-state index in [9.17, 15) is 26.3 Å². The average Bonchev–Trinajstić information content (AvgIpc) is 3.23. The zero-order valence-electron chi connectivity index (χ0n) is 19.5. The number of hydrogen-bond acceptors (Lipinski definition) is 9. The highest BCUT2D eigenvalue weighted by Crippen LogP contribution is 2.34. The minimum Gasteiger partial charge on any atom is -0.481 e. The fourth-order valence-corrected chi connectivity index (χ4v) is 3.45. The minimum absolute atomic E-state index is 0.0155. The van der Waals surface area contributed by atoms with Crippen molar-refractivity contribution in [3.05, 3.63) is 36.8 Å². The second-order valence-corrected chi connectivity index (χ2v) is 7.55. The van der Waals surface area contributed by atoms with Crippen molar-refractivity contribution in [2.24, 2.45) is 0 Å². The van der Waals surface area contributed by atoms with Crippen LogP contribution in [-0.2, 0) is 14.3 Å². The number of fused-ring (bicyclic) bond motifs is 1. The van der Waals surface area contributed by atoms with Gasteiger partial charge in [0.25, 0.3) is 0 Å². The molecule has 2 aliphatic rings. The fraction of sp³-hybridized carbons (Fsp3) is 0.476. The molecule has 4 rings (SSSR count). The molecule has 11 nitrogen and oxygen atoms in total. The van der Waals surface area contributed by atoms with Crippen LogP contribution in [0.1, 0.15) is 12.8 Å². The van der Waals surface area contributed by atoms with Crippen molar-refractivity contribution in [2.75, 3.05) is 25.2 Å². The molecule has 0 aromatic carbocycles. The predicted molar refractivity (Wildman–Crippen MR) is 115 cm³/mol. The number of carboxylic acids is 2. The largest absolute Gasteiger partial charge is 0.490 e. The number of ether oxygens (including phenoxy) is 3. The number of aromatic nitrogens is 3. The maximum atomic E-state index is 10.6. The molecule has 2 aliphatic heterocycles. The number of rotatable bonds is 4. The third-order valence-corrected chi connectivity index (χ3v) is 5.00. The maximum Gasteiger partial charge on any atom is 0.490 e. The summed E-state index contributed by atoms with van der Waals surface area (Å²) >= 11 is 0. The molecule has 2 N–H and O–H groups in total. The zero-order valence-corrected chi connectivity index (χ0v) is 19.5. The van der Waals surface area contributed by atoms with Gasteiger partial charge in [0.15, 0.2) is 0 Å². The van der Waals surface area contributed by atoms with Crippen molar-refractivity contribution in [1.82, 2.24) is 15.0 Å². The van der Waals surface area contributed by atoms with Crippen LogP contribution >= 0.6 is 0 Å². The van der Waals surface area contributed by atoms with E-state index in [1.807, 2.05) is 24.3 Å². The molecule has 2 aromatic heterocycles.